The van der Waals surface area contributed by atoms with E-state index in [2.05, 4.69) is 10.3 Å². The van der Waals surface area contributed by atoms with Crippen LogP contribution in [0.3, 0.4) is 0 Å². The number of ether oxygens (including phenoxy) is 1. The van der Waals surface area contributed by atoms with Crippen molar-refractivity contribution in [3.63, 3.8) is 0 Å². The number of carbonyl (C=O) groups is 1. The molecule has 0 fully saturated rings. The Morgan fingerprint density at radius 2 is 2.30 bits per heavy atom. The average molecular weight is 294 g/mol. The first-order valence-corrected chi connectivity index (χ1v) is 7.48. The van der Waals surface area contributed by atoms with Crippen LogP contribution in [-0.4, -0.2) is 29.2 Å². The molecule has 1 aromatic carbocycles. The quantitative estimate of drug-likeness (QED) is 0.770. The predicted octanol–water partition coefficient (Wildman–Crippen LogP) is 2.80. The highest BCUT2D eigenvalue weighted by Crippen LogP contribution is 2.29. The van der Waals surface area contributed by atoms with Crippen LogP contribution in [0.5, 0.6) is 5.75 Å². The number of rotatable bonds is 7. The van der Waals surface area contributed by atoms with Crippen LogP contribution >= 0.6 is 11.3 Å². The molecule has 0 radical (unpaired) electrons. The van der Waals surface area contributed by atoms with E-state index in [9.17, 15) is 4.79 Å². The molecule has 0 aliphatic carbocycles. The van der Waals surface area contributed by atoms with Gasteiger partial charge in [-0.05, 0) is 38.0 Å². The number of hydrogen-bond donors (Lipinski definition) is 2. The van der Waals surface area contributed by atoms with Gasteiger partial charge in [0.1, 0.15) is 5.75 Å². The minimum absolute atomic E-state index is 0.0671. The smallest absolute Gasteiger partial charge is 0.226 e. The van der Waals surface area contributed by atoms with Gasteiger partial charge in [0.15, 0.2) is 5.13 Å². The number of anilines is 1. The molecule has 20 heavy (non-hydrogen) atoms. The lowest BCUT2D eigenvalue weighted by Crippen LogP contribution is -2.10. The van der Waals surface area contributed by atoms with E-state index in [1.165, 1.54) is 11.3 Å². The van der Waals surface area contributed by atoms with E-state index >= 15 is 0 Å². The fourth-order valence-corrected chi connectivity index (χ4v) is 2.70. The first-order chi connectivity index (χ1) is 9.72. The molecule has 1 heterocycles. The van der Waals surface area contributed by atoms with Gasteiger partial charge in [0, 0.05) is 13.0 Å². The van der Waals surface area contributed by atoms with Crippen molar-refractivity contribution < 1.29 is 14.6 Å². The molecule has 0 saturated heterocycles. The number of fused-ring (bicyclic) bond motifs is 1. The third-order valence-electron chi connectivity index (χ3n) is 2.73. The second-order valence-electron chi connectivity index (χ2n) is 4.31. The number of unbranched alkanes of at least 4 members (excludes halogenated alkanes) is 1. The summed E-state index contributed by atoms with van der Waals surface area (Å²) >= 11 is 1.43. The molecule has 0 spiro atoms. The van der Waals surface area contributed by atoms with Crippen molar-refractivity contribution in [1.29, 1.82) is 0 Å². The van der Waals surface area contributed by atoms with Crippen LogP contribution in [0.4, 0.5) is 5.13 Å². The molecular weight excluding hydrogens is 276 g/mol. The topological polar surface area (TPSA) is 71.5 Å². The summed E-state index contributed by atoms with van der Waals surface area (Å²) in [6, 6.07) is 5.69. The molecule has 0 bridgehead atoms. The standard InChI is InChI=1S/C14H18N2O3S/c1-2-19-10-6-7-11-12(9-10)20-14(15-11)16-13(18)5-3-4-8-17/h6-7,9,17H,2-5,8H2,1H3,(H,15,16,18). The SMILES string of the molecule is CCOc1ccc2nc(NC(=O)CCCCO)sc2c1. The van der Waals surface area contributed by atoms with Gasteiger partial charge in [-0.25, -0.2) is 4.98 Å². The fourth-order valence-electron chi connectivity index (χ4n) is 1.79. The van der Waals surface area contributed by atoms with E-state index in [4.69, 9.17) is 9.84 Å². The van der Waals surface area contributed by atoms with Crippen LogP contribution in [0.1, 0.15) is 26.2 Å². The maximum atomic E-state index is 11.7. The summed E-state index contributed by atoms with van der Waals surface area (Å²) in [5.74, 6) is 0.743. The van der Waals surface area contributed by atoms with Crippen LogP contribution in [0.25, 0.3) is 10.2 Å². The van der Waals surface area contributed by atoms with Gasteiger partial charge in [-0.15, -0.1) is 0 Å². The van der Waals surface area contributed by atoms with Gasteiger partial charge in [-0.3, -0.25) is 4.79 Å². The Hall–Kier alpha value is -1.66. The van der Waals surface area contributed by atoms with Crippen LogP contribution < -0.4 is 10.1 Å². The summed E-state index contributed by atoms with van der Waals surface area (Å²) < 4.78 is 6.43. The second-order valence-corrected chi connectivity index (χ2v) is 5.34. The van der Waals surface area contributed by atoms with Crippen LogP contribution in [0.15, 0.2) is 18.2 Å². The number of thiazole rings is 1. The van der Waals surface area contributed by atoms with Crippen molar-refractivity contribution in [2.75, 3.05) is 18.5 Å². The zero-order chi connectivity index (χ0) is 14.4. The molecule has 0 atom stereocenters. The van der Waals surface area contributed by atoms with Crippen molar-refractivity contribution in [2.24, 2.45) is 0 Å². The molecular formula is C14H18N2O3S. The lowest BCUT2D eigenvalue weighted by molar-refractivity contribution is -0.116. The number of carbonyl (C=O) groups excluding carboxylic acids is 1. The van der Waals surface area contributed by atoms with Crippen molar-refractivity contribution in [2.45, 2.75) is 26.2 Å². The van der Waals surface area contributed by atoms with E-state index in [1.807, 2.05) is 25.1 Å². The Balaban J connectivity index is 2.02. The maximum Gasteiger partial charge on any atom is 0.226 e. The number of aliphatic hydroxyl groups is 1. The Labute approximate surface area is 121 Å². The van der Waals surface area contributed by atoms with Gasteiger partial charge < -0.3 is 15.2 Å². The summed E-state index contributed by atoms with van der Waals surface area (Å²) in [6.07, 6.45) is 1.73. The Morgan fingerprint density at radius 3 is 3.05 bits per heavy atom. The predicted molar refractivity (Wildman–Crippen MR) is 80.4 cm³/mol. The number of benzene rings is 1. The largest absolute Gasteiger partial charge is 0.494 e. The molecule has 2 N–H and O–H groups in total. The van der Waals surface area contributed by atoms with Gasteiger partial charge in [0.25, 0.3) is 0 Å². The summed E-state index contributed by atoms with van der Waals surface area (Å²) in [6.45, 7) is 2.68. The summed E-state index contributed by atoms with van der Waals surface area (Å²) in [5.41, 5.74) is 0.851. The number of nitrogens with zero attached hydrogens (tertiary/aromatic N) is 1. The molecule has 0 aliphatic rings. The summed E-state index contributed by atoms with van der Waals surface area (Å²) in [7, 11) is 0. The highest BCUT2D eigenvalue weighted by atomic mass is 32.1. The number of nitrogens with one attached hydrogen (secondary N) is 1. The Morgan fingerprint density at radius 1 is 1.45 bits per heavy atom. The number of aromatic nitrogens is 1. The molecule has 2 rings (SSSR count). The van der Waals surface area contributed by atoms with Crippen molar-refractivity contribution in [3.05, 3.63) is 18.2 Å². The molecule has 5 nitrogen and oxygen atoms in total. The number of aliphatic hydroxyl groups excluding tert-OH is 1. The van der Waals surface area contributed by atoms with Crippen LogP contribution in [0, 0.1) is 0 Å². The molecule has 1 aromatic heterocycles. The van der Waals surface area contributed by atoms with Gasteiger partial charge in [-0.1, -0.05) is 11.3 Å². The van der Waals surface area contributed by atoms with Crippen LogP contribution in [-0.2, 0) is 4.79 Å². The first-order valence-electron chi connectivity index (χ1n) is 6.67. The lowest BCUT2D eigenvalue weighted by Gasteiger charge is -2.00. The molecule has 2 aromatic rings. The Kier molecular flexibility index (Phi) is 5.31. The monoisotopic (exact) mass is 294 g/mol. The number of hydrogen-bond acceptors (Lipinski definition) is 5. The highest BCUT2D eigenvalue weighted by Gasteiger charge is 2.08. The zero-order valence-electron chi connectivity index (χ0n) is 11.4. The molecule has 0 saturated carbocycles. The molecule has 1 amide bonds. The first kappa shape index (κ1) is 14.7. The normalized spacial score (nSPS) is 10.7. The summed E-state index contributed by atoms with van der Waals surface area (Å²) in [4.78, 5) is 16.0. The van der Waals surface area contributed by atoms with E-state index in [0.29, 0.717) is 31.0 Å². The van der Waals surface area contributed by atoms with Gasteiger partial charge in [-0.2, -0.15) is 0 Å². The summed E-state index contributed by atoms with van der Waals surface area (Å²) in [5, 5.41) is 12.1. The number of amides is 1. The second kappa shape index (κ2) is 7.21. The molecule has 0 aliphatic heterocycles. The average Bonchev–Trinajstić information content (AvgIpc) is 2.80. The molecule has 0 unspecified atom stereocenters. The molecule has 108 valence electrons. The minimum Gasteiger partial charge on any atom is -0.494 e. The van der Waals surface area contributed by atoms with Gasteiger partial charge in [0.2, 0.25) is 5.91 Å². The van der Waals surface area contributed by atoms with E-state index < -0.39 is 0 Å². The van der Waals surface area contributed by atoms with Crippen molar-refractivity contribution >= 4 is 32.6 Å². The maximum absolute atomic E-state index is 11.7. The fraction of sp³-hybridized carbons (Fsp3) is 0.429. The Bertz CT molecular complexity index is 583. The van der Waals surface area contributed by atoms with E-state index in [-0.39, 0.29) is 12.5 Å². The third kappa shape index (κ3) is 3.91. The van der Waals surface area contributed by atoms with E-state index in [1.54, 1.807) is 0 Å². The lowest BCUT2D eigenvalue weighted by atomic mass is 10.2. The van der Waals surface area contributed by atoms with Gasteiger partial charge in [0.05, 0.1) is 16.8 Å². The van der Waals surface area contributed by atoms with Crippen molar-refractivity contribution in [1.82, 2.24) is 4.98 Å². The van der Waals surface area contributed by atoms with Crippen molar-refractivity contribution in [3.8, 4) is 5.75 Å². The highest BCUT2D eigenvalue weighted by molar-refractivity contribution is 7.22. The minimum atomic E-state index is -0.0671. The third-order valence-corrected chi connectivity index (χ3v) is 3.66. The van der Waals surface area contributed by atoms with Gasteiger partial charge >= 0.3 is 0 Å². The van der Waals surface area contributed by atoms with E-state index in [0.717, 1.165) is 16.0 Å². The molecule has 6 heteroatoms. The van der Waals surface area contributed by atoms with Crippen LogP contribution in [0.2, 0.25) is 0 Å². The zero-order valence-corrected chi connectivity index (χ0v) is 12.2.